The molecule has 3 aromatic rings. The lowest BCUT2D eigenvalue weighted by Gasteiger charge is -2.05. The first-order valence-electron chi connectivity index (χ1n) is 6.61. The maximum absolute atomic E-state index is 13.0. The van der Waals surface area contributed by atoms with E-state index >= 15 is 0 Å². The number of carbonyl (C=O) groups is 1. The van der Waals surface area contributed by atoms with Gasteiger partial charge in [0, 0.05) is 16.0 Å². The van der Waals surface area contributed by atoms with Gasteiger partial charge in [0.25, 0.3) is 0 Å². The fraction of sp³-hybridized carbons (Fsp3) is 0.0625. The first-order valence-corrected chi connectivity index (χ1v) is 8.29. The number of ether oxygens (including phenoxy) is 1. The zero-order valence-corrected chi connectivity index (χ0v) is 14.1. The molecule has 116 valence electrons. The molecule has 0 atom stereocenters. The molecule has 0 fully saturated rings. The van der Waals surface area contributed by atoms with Gasteiger partial charge in [-0.3, -0.25) is 4.98 Å². The molecule has 23 heavy (non-hydrogen) atoms. The Kier molecular flexibility index (Phi) is 4.78. The summed E-state index contributed by atoms with van der Waals surface area (Å²) in [5.74, 6) is -0.961. The molecule has 7 heteroatoms. The molecule has 0 N–H and O–H groups in total. The monoisotopic (exact) mass is 392 g/mol. The van der Waals surface area contributed by atoms with Crippen LogP contribution >= 0.6 is 27.3 Å². The number of aromatic nitrogens is 2. The fourth-order valence-electron chi connectivity index (χ4n) is 1.85. The van der Waals surface area contributed by atoms with Gasteiger partial charge in [0.15, 0.2) is 0 Å². The highest BCUT2D eigenvalue weighted by atomic mass is 79.9. The molecule has 0 unspecified atom stereocenters. The first-order chi connectivity index (χ1) is 11.1. The van der Waals surface area contributed by atoms with Crippen molar-refractivity contribution >= 4 is 33.2 Å². The highest BCUT2D eigenvalue weighted by Gasteiger charge is 2.13. The Morgan fingerprint density at radius 1 is 1.30 bits per heavy atom. The highest BCUT2D eigenvalue weighted by Crippen LogP contribution is 2.23. The molecule has 0 saturated heterocycles. The number of pyridine rings is 1. The molecule has 0 aliphatic carbocycles. The smallest absolute Gasteiger partial charge is 0.339 e. The topological polar surface area (TPSA) is 52.1 Å². The van der Waals surface area contributed by atoms with Gasteiger partial charge in [-0.15, -0.1) is 11.3 Å². The number of thiazole rings is 1. The Balaban J connectivity index is 1.67. The lowest BCUT2D eigenvalue weighted by Crippen LogP contribution is -2.06. The Bertz CT molecular complexity index is 839. The molecule has 2 aromatic heterocycles. The second kappa shape index (κ2) is 6.97. The van der Waals surface area contributed by atoms with Crippen molar-refractivity contribution in [2.45, 2.75) is 6.61 Å². The summed E-state index contributed by atoms with van der Waals surface area (Å²) in [5, 5.41) is 2.58. The second-order valence-electron chi connectivity index (χ2n) is 4.56. The third kappa shape index (κ3) is 3.80. The molecule has 0 aliphatic heterocycles. The van der Waals surface area contributed by atoms with E-state index in [0.29, 0.717) is 10.2 Å². The molecule has 3 rings (SSSR count). The van der Waals surface area contributed by atoms with E-state index in [1.54, 1.807) is 6.20 Å². The number of benzene rings is 1. The van der Waals surface area contributed by atoms with Crippen LogP contribution in [0.15, 0.2) is 52.4 Å². The van der Waals surface area contributed by atoms with E-state index in [-0.39, 0.29) is 12.2 Å². The van der Waals surface area contributed by atoms with Gasteiger partial charge in [0.05, 0.1) is 17.0 Å². The van der Waals surface area contributed by atoms with Crippen molar-refractivity contribution in [3.63, 3.8) is 0 Å². The van der Waals surface area contributed by atoms with Gasteiger partial charge in [0.1, 0.15) is 17.4 Å². The van der Waals surface area contributed by atoms with Crippen LogP contribution in [0.5, 0.6) is 0 Å². The van der Waals surface area contributed by atoms with Gasteiger partial charge in [-0.25, -0.2) is 14.2 Å². The normalized spacial score (nSPS) is 10.5. The van der Waals surface area contributed by atoms with E-state index in [4.69, 9.17) is 4.74 Å². The summed E-state index contributed by atoms with van der Waals surface area (Å²) in [6, 6.07) is 9.39. The molecule has 4 nitrogen and oxygen atoms in total. The Morgan fingerprint density at radius 2 is 2.17 bits per heavy atom. The molecular formula is C16H10BrFN2O2S. The quantitative estimate of drug-likeness (QED) is 0.614. The van der Waals surface area contributed by atoms with Crippen LogP contribution in [0.25, 0.3) is 10.7 Å². The van der Waals surface area contributed by atoms with Gasteiger partial charge in [0.2, 0.25) is 0 Å². The number of nitrogens with zero attached hydrogens (tertiary/aromatic N) is 2. The van der Waals surface area contributed by atoms with Crippen molar-refractivity contribution in [1.82, 2.24) is 9.97 Å². The Hall–Kier alpha value is -2.12. The number of hydrogen-bond donors (Lipinski definition) is 0. The minimum Gasteiger partial charge on any atom is -0.456 e. The minimum atomic E-state index is -0.538. The lowest BCUT2D eigenvalue weighted by molar-refractivity contribution is 0.0467. The van der Waals surface area contributed by atoms with Crippen LogP contribution in [-0.2, 0) is 11.3 Å². The third-order valence-corrected chi connectivity index (χ3v) is 4.51. The van der Waals surface area contributed by atoms with Gasteiger partial charge in [-0.2, -0.15) is 0 Å². The van der Waals surface area contributed by atoms with E-state index in [1.165, 1.54) is 29.5 Å². The largest absolute Gasteiger partial charge is 0.456 e. The van der Waals surface area contributed by atoms with E-state index in [0.717, 1.165) is 10.7 Å². The predicted molar refractivity (Wildman–Crippen MR) is 88.6 cm³/mol. The Morgan fingerprint density at radius 3 is 2.91 bits per heavy atom. The second-order valence-corrected chi connectivity index (χ2v) is 6.27. The first kappa shape index (κ1) is 15.8. The van der Waals surface area contributed by atoms with E-state index in [9.17, 15) is 9.18 Å². The van der Waals surface area contributed by atoms with Crippen LogP contribution in [0.1, 0.15) is 16.1 Å². The van der Waals surface area contributed by atoms with Crippen LogP contribution in [-0.4, -0.2) is 15.9 Å². The standard InChI is InChI=1S/C16H10BrFN2O2S/c17-13-7-10(18)4-5-12(13)16(21)22-8-11-9-23-15(20-11)14-3-1-2-6-19-14/h1-7,9H,8H2. The summed E-state index contributed by atoms with van der Waals surface area (Å²) in [7, 11) is 0. The number of carbonyl (C=O) groups excluding carboxylic acids is 1. The summed E-state index contributed by atoms with van der Waals surface area (Å²) in [6.45, 7) is 0.0476. The van der Waals surface area contributed by atoms with Crippen LogP contribution in [0.2, 0.25) is 0 Å². The number of hydrogen-bond acceptors (Lipinski definition) is 5. The summed E-state index contributed by atoms with van der Waals surface area (Å²) in [6.07, 6.45) is 1.70. The molecule has 0 bridgehead atoms. The molecule has 0 radical (unpaired) electrons. The van der Waals surface area contributed by atoms with Gasteiger partial charge in [-0.05, 0) is 46.3 Å². The maximum Gasteiger partial charge on any atom is 0.339 e. The molecule has 0 saturated carbocycles. The SMILES string of the molecule is O=C(OCc1csc(-c2ccccn2)n1)c1ccc(F)cc1Br. The van der Waals surface area contributed by atoms with Crippen molar-refractivity contribution in [2.24, 2.45) is 0 Å². The highest BCUT2D eigenvalue weighted by molar-refractivity contribution is 9.10. The number of esters is 1. The van der Waals surface area contributed by atoms with Crippen LogP contribution in [0.4, 0.5) is 4.39 Å². The lowest BCUT2D eigenvalue weighted by atomic mass is 10.2. The summed E-state index contributed by atoms with van der Waals surface area (Å²) < 4.78 is 18.6. The van der Waals surface area contributed by atoms with Crippen molar-refractivity contribution in [3.8, 4) is 10.7 Å². The fourth-order valence-corrected chi connectivity index (χ4v) is 3.15. The molecule has 2 heterocycles. The van der Waals surface area contributed by atoms with Crippen LogP contribution < -0.4 is 0 Å². The zero-order chi connectivity index (χ0) is 16.2. The molecule has 0 spiro atoms. The van der Waals surface area contributed by atoms with Crippen LogP contribution in [0, 0.1) is 5.82 Å². The van der Waals surface area contributed by atoms with Crippen molar-refractivity contribution < 1.29 is 13.9 Å². The average Bonchev–Trinajstić information content (AvgIpc) is 3.02. The van der Waals surface area contributed by atoms with E-state index in [2.05, 4.69) is 25.9 Å². The van der Waals surface area contributed by atoms with E-state index in [1.807, 2.05) is 23.6 Å². The molecule has 0 aliphatic rings. The predicted octanol–water partition coefficient (Wildman–Crippen LogP) is 4.46. The third-order valence-electron chi connectivity index (χ3n) is 2.94. The summed E-state index contributed by atoms with van der Waals surface area (Å²) >= 11 is 4.58. The molecular weight excluding hydrogens is 383 g/mol. The summed E-state index contributed by atoms with van der Waals surface area (Å²) in [4.78, 5) is 20.6. The molecule has 0 amide bonds. The van der Waals surface area contributed by atoms with Gasteiger partial charge in [-0.1, -0.05) is 6.07 Å². The van der Waals surface area contributed by atoms with Crippen LogP contribution in [0.3, 0.4) is 0 Å². The van der Waals surface area contributed by atoms with E-state index < -0.39 is 11.8 Å². The average molecular weight is 393 g/mol. The summed E-state index contributed by atoms with van der Waals surface area (Å²) in [5.41, 5.74) is 1.69. The minimum absolute atomic E-state index is 0.0476. The molecule has 1 aromatic carbocycles. The van der Waals surface area contributed by atoms with Gasteiger partial charge >= 0.3 is 5.97 Å². The van der Waals surface area contributed by atoms with Gasteiger partial charge < -0.3 is 4.74 Å². The van der Waals surface area contributed by atoms with Crippen molar-refractivity contribution in [1.29, 1.82) is 0 Å². The maximum atomic E-state index is 13.0. The zero-order valence-electron chi connectivity index (χ0n) is 11.7. The van der Waals surface area contributed by atoms with Crippen molar-refractivity contribution in [3.05, 3.63) is 69.5 Å². The number of rotatable bonds is 4. The Labute approximate surface area is 144 Å². The number of halogens is 2. The van der Waals surface area contributed by atoms with Crippen molar-refractivity contribution in [2.75, 3.05) is 0 Å².